The van der Waals surface area contributed by atoms with Crippen molar-refractivity contribution in [2.75, 3.05) is 6.61 Å². The topological polar surface area (TPSA) is 121 Å². The maximum atomic E-state index is 12.6. The normalized spacial score (nSPS) is 11.8. The van der Waals surface area contributed by atoms with Gasteiger partial charge in [0.15, 0.2) is 6.10 Å². The quantitative estimate of drug-likeness (QED) is 0.0774. The fourth-order valence-corrected chi connectivity index (χ4v) is 3.78. The molecule has 0 aliphatic heterocycles. The van der Waals surface area contributed by atoms with Crippen LogP contribution >= 0.6 is 11.8 Å². The molecule has 0 saturated heterocycles. The summed E-state index contributed by atoms with van der Waals surface area (Å²) >= 11 is 1.44. The van der Waals surface area contributed by atoms with E-state index in [9.17, 15) is 19.2 Å². The zero-order valence-electron chi connectivity index (χ0n) is 21.0. The van der Waals surface area contributed by atoms with E-state index in [1.54, 1.807) is 60.7 Å². The number of hydrogen-bond acceptors (Lipinski definition) is 10. The van der Waals surface area contributed by atoms with Crippen LogP contribution in [0.1, 0.15) is 53.4 Å². The Hall–Kier alpha value is -4.44. The lowest BCUT2D eigenvalue weighted by Gasteiger charge is -2.16. The number of ketones is 1. The highest BCUT2D eigenvalue weighted by molar-refractivity contribution is 7.99. The minimum Gasteiger partial charge on any atom is -0.465 e. The Kier molecular flexibility index (Phi) is 9.78. The summed E-state index contributed by atoms with van der Waals surface area (Å²) in [5.41, 5.74) is 1.00. The van der Waals surface area contributed by atoms with Crippen LogP contribution in [0.4, 0.5) is 0 Å². The third-order valence-corrected chi connectivity index (χ3v) is 5.92. The lowest BCUT2D eigenvalue weighted by atomic mass is 10.1. The molecule has 0 spiro atoms. The lowest BCUT2D eigenvalue weighted by Crippen LogP contribution is -2.19. The van der Waals surface area contributed by atoms with E-state index in [-0.39, 0.29) is 23.7 Å². The second kappa shape index (κ2) is 13.2. The van der Waals surface area contributed by atoms with E-state index < -0.39 is 24.0 Å². The van der Waals surface area contributed by atoms with Crippen molar-refractivity contribution in [1.29, 1.82) is 0 Å². The van der Waals surface area contributed by atoms with Gasteiger partial charge >= 0.3 is 17.9 Å². The van der Waals surface area contributed by atoms with Crippen molar-refractivity contribution in [3.05, 3.63) is 96.0 Å². The van der Waals surface area contributed by atoms with Gasteiger partial charge in [0.05, 0.1) is 11.8 Å². The van der Waals surface area contributed by atoms with Gasteiger partial charge in [-0.05, 0) is 74.5 Å². The summed E-state index contributed by atoms with van der Waals surface area (Å²) in [7, 11) is 0. The highest BCUT2D eigenvalue weighted by atomic mass is 32.2. The van der Waals surface area contributed by atoms with Crippen molar-refractivity contribution in [1.82, 2.24) is 0 Å². The van der Waals surface area contributed by atoms with Crippen LogP contribution in [0, 0.1) is 0 Å². The van der Waals surface area contributed by atoms with Gasteiger partial charge in [0.1, 0.15) is 18.1 Å². The van der Waals surface area contributed by atoms with Gasteiger partial charge in [0.25, 0.3) is 0 Å². The number of Topliss-reactive ketones (excluding diaryl/α,β-unsaturated/α-hetero) is 1. The van der Waals surface area contributed by atoms with Gasteiger partial charge in [0.2, 0.25) is 5.78 Å². The summed E-state index contributed by atoms with van der Waals surface area (Å²) in [6, 6.07) is 16.9. The highest BCUT2D eigenvalue weighted by Crippen LogP contribution is 2.28. The monoisotopic (exact) mass is 535 g/mol. The van der Waals surface area contributed by atoms with Crippen molar-refractivity contribution in [2.24, 2.45) is 5.16 Å². The predicted octanol–water partition coefficient (Wildman–Crippen LogP) is 5.57. The molecule has 2 aromatic carbocycles. The van der Waals surface area contributed by atoms with Crippen LogP contribution < -0.4 is 0 Å². The number of furan rings is 1. The van der Waals surface area contributed by atoms with Crippen LogP contribution in [0.5, 0.6) is 0 Å². The number of esters is 2. The molecule has 196 valence electrons. The summed E-state index contributed by atoms with van der Waals surface area (Å²) in [4.78, 5) is 53.9. The zero-order chi connectivity index (χ0) is 27.7. The maximum Gasteiger partial charge on any atom is 0.338 e. The fraction of sp³-hybridized carbons (Fsp3) is 0.179. The van der Waals surface area contributed by atoms with Crippen LogP contribution in [0.3, 0.4) is 0 Å². The molecule has 0 radical (unpaired) electrons. The van der Waals surface area contributed by atoms with Crippen molar-refractivity contribution >= 4 is 41.2 Å². The van der Waals surface area contributed by atoms with Crippen LogP contribution in [-0.4, -0.2) is 36.0 Å². The molecule has 9 nitrogen and oxygen atoms in total. The second-order valence-corrected chi connectivity index (χ2v) is 9.17. The lowest BCUT2D eigenvalue weighted by molar-refractivity contribution is -0.148. The molecule has 1 heterocycles. The molecule has 3 rings (SSSR count). The van der Waals surface area contributed by atoms with Gasteiger partial charge < -0.3 is 18.7 Å². The van der Waals surface area contributed by atoms with Crippen molar-refractivity contribution < 1.29 is 37.9 Å². The number of ether oxygens (including phenoxy) is 2. The molecule has 1 unspecified atom stereocenters. The Balaban J connectivity index is 1.58. The van der Waals surface area contributed by atoms with E-state index in [1.807, 2.05) is 0 Å². The zero-order valence-corrected chi connectivity index (χ0v) is 21.8. The summed E-state index contributed by atoms with van der Waals surface area (Å²) in [6.45, 7) is 7.51. The van der Waals surface area contributed by atoms with E-state index in [4.69, 9.17) is 13.9 Å². The average molecular weight is 536 g/mol. The largest absolute Gasteiger partial charge is 0.465 e. The molecule has 10 heteroatoms. The van der Waals surface area contributed by atoms with Gasteiger partial charge in [-0.2, -0.15) is 0 Å². The third kappa shape index (κ3) is 8.04. The van der Waals surface area contributed by atoms with E-state index in [1.165, 1.54) is 38.8 Å². The van der Waals surface area contributed by atoms with Crippen molar-refractivity contribution in [3.8, 4) is 0 Å². The molecule has 1 aromatic heterocycles. The third-order valence-electron chi connectivity index (χ3n) is 4.91. The number of rotatable bonds is 11. The van der Waals surface area contributed by atoms with Gasteiger partial charge in [-0.25, -0.2) is 14.4 Å². The average Bonchev–Trinajstić information content (AvgIpc) is 3.44. The standard InChI is InChI=1S/C28H25NO8S/c1-17(2)27(32)36-25(24-6-5-15-34-24)16-35-28(33)21-9-13-23(14-10-21)38-22-11-7-20(8-12-22)26(31)18(3)29-37-19(4)30/h5-15,25H,1,16H2,2-4H3/b29-18+. The van der Waals surface area contributed by atoms with Gasteiger partial charge in [-0.3, -0.25) is 4.79 Å². The smallest absolute Gasteiger partial charge is 0.338 e. The number of benzene rings is 2. The second-order valence-electron chi connectivity index (χ2n) is 8.03. The summed E-state index contributed by atoms with van der Waals surface area (Å²) < 4.78 is 16.0. The number of carbonyl (C=O) groups is 4. The van der Waals surface area contributed by atoms with Crippen LogP contribution in [0.15, 0.2) is 98.4 Å². The van der Waals surface area contributed by atoms with Gasteiger partial charge in [0, 0.05) is 27.9 Å². The first-order valence-corrected chi connectivity index (χ1v) is 12.2. The Morgan fingerprint density at radius 1 is 0.921 bits per heavy atom. The Labute approximate surface area is 223 Å². The Morgan fingerprint density at radius 3 is 2.05 bits per heavy atom. The number of carbonyl (C=O) groups excluding carboxylic acids is 4. The van der Waals surface area contributed by atoms with Crippen LogP contribution in [-0.2, 0) is 23.9 Å². The predicted molar refractivity (Wildman–Crippen MR) is 139 cm³/mol. The Morgan fingerprint density at radius 2 is 1.53 bits per heavy atom. The van der Waals surface area contributed by atoms with Gasteiger partial charge in [-0.15, -0.1) is 0 Å². The molecule has 0 bridgehead atoms. The Bertz CT molecular complexity index is 1340. The minimum absolute atomic E-state index is 0.0625. The molecule has 0 aliphatic rings. The first kappa shape index (κ1) is 28.1. The van der Waals surface area contributed by atoms with Crippen LogP contribution in [0.25, 0.3) is 0 Å². The first-order chi connectivity index (χ1) is 18.1. The fourth-order valence-electron chi connectivity index (χ4n) is 2.97. The molecule has 1 atom stereocenters. The maximum absolute atomic E-state index is 12.6. The molecule has 0 saturated carbocycles. The van der Waals surface area contributed by atoms with Crippen molar-refractivity contribution in [3.63, 3.8) is 0 Å². The summed E-state index contributed by atoms with van der Waals surface area (Å²) in [5, 5.41) is 3.51. The number of hydrogen-bond donors (Lipinski definition) is 0. The van der Waals surface area contributed by atoms with Gasteiger partial charge in [-0.1, -0.05) is 23.5 Å². The molecular weight excluding hydrogens is 510 g/mol. The van der Waals surface area contributed by atoms with E-state index in [0.717, 1.165) is 9.79 Å². The van der Waals surface area contributed by atoms with E-state index >= 15 is 0 Å². The number of oxime groups is 1. The van der Waals surface area contributed by atoms with E-state index in [0.29, 0.717) is 16.9 Å². The highest BCUT2D eigenvalue weighted by Gasteiger charge is 2.22. The molecular formula is C28H25NO8S. The molecule has 0 fully saturated rings. The number of nitrogens with zero attached hydrogens (tertiary/aromatic N) is 1. The SMILES string of the molecule is C=C(C)C(=O)OC(COC(=O)c1ccc(Sc2ccc(C(=O)/C(C)=N/OC(C)=O)cc2)cc1)c1ccco1. The molecule has 0 N–H and O–H groups in total. The molecule has 0 aliphatic carbocycles. The first-order valence-electron chi connectivity index (χ1n) is 11.4. The minimum atomic E-state index is -0.903. The molecule has 0 amide bonds. The summed E-state index contributed by atoms with van der Waals surface area (Å²) in [6.07, 6.45) is 0.529. The summed E-state index contributed by atoms with van der Waals surface area (Å²) in [5.74, 6) is -1.82. The van der Waals surface area contributed by atoms with Crippen LogP contribution in [0.2, 0.25) is 0 Å². The van der Waals surface area contributed by atoms with E-state index in [2.05, 4.69) is 16.6 Å². The molecule has 38 heavy (non-hydrogen) atoms. The van der Waals surface area contributed by atoms with Crippen molar-refractivity contribution in [2.45, 2.75) is 36.7 Å². The molecule has 3 aromatic rings.